The van der Waals surface area contributed by atoms with Gasteiger partial charge in [0.1, 0.15) is 0 Å². The highest BCUT2D eigenvalue weighted by atomic mass is 79.9. The molecule has 0 amide bonds. The third-order valence-corrected chi connectivity index (χ3v) is 4.51. The lowest BCUT2D eigenvalue weighted by Crippen LogP contribution is -2.52. The maximum absolute atomic E-state index is 3.62. The number of hydrogen-bond acceptors (Lipinski definition) is 1. The summed E-state index contributed by atoms with van der Waals surface area (Å²) in [5.41, 5.74) is 2.36. The predicted molar refractivity (Wildman–Crippen MR) is 82.0 cm³/mol. The van der Waals surface area contributed by atoms with E-state index in [0.717, 1.165) is 13.1 Å². The van der Waals surface area contributed by atoms with Crippen molar-refractivity contribution in [3.63, 3.8) is 0 Å². The molecule has 1 aromatic rings. The topological polar surface area (TPSA) is 12.0 Å². The highest BCUT2D eigenvalue weighted by Gasteiger charge is 2.49. The number of halogens is 1. The van der Waals surface area contributed by atoms with Gasteiger partial charge >= 0.3 is 0 Å². The number of benzene rings is 1. The quantitative estimate of drug-likeness (QED) is 0.789. The Morgan fingerprint density at radius 3 is 2.28 bits per heavy atom. The fourth-order valence-corrected chi connectivity index (χ4v) is 3.78. The van der Waals surface area contributed by atoms with Crippen molar-refractivity contribution >= 4 is 15.9 Å². The van der Waals surface area contributed by atoms with Gasteiger partial charge in [0, 0.05) is 16.4 Å². The van der Waals surface area contributed by atoms with Gasteiger partial charge in [-0.25, -0.2) is 0 Å². The van der Waals surface area contributed by atoms with Gasteiger partial charge in [0.15, 0.2) is 0 Å². The molecule has 0 bridgehead atoms. The standard InChI is InChI=1S/C16H24BrN/c1-4-9-18-12-16(10-15(2,3)11-16)13-5-7-14(17)8-6-13/h5-8,18H,4,9-12H2,1-3H3. The minimum Gasteiger partial charge on any atom is -0.316 e. The van der Waals surface area contributed by atoms with Crippen molar-refractivity contribution in [2.45, 2.75) is 45.4 Å². The zero-order valence-electron chi connectivity index (χ0n) is 11.7. The zero-order valence-corrected chi connectivity index (χ0v) is 13.3. The van der Waals surface area contributed by atoms with E-state index in [1.54, 1.807) is 0 Å². The Morgan fingerprint density at radius 1 is 1.17 bits per heavy atom. The molecule has 1 nitrogen and oxygen atoms in total. The van der Waals surface area contributed by atoms with Gasteiger partial charge < -0.3 is 5.32 Å². The van der Waals surface area contributed by atoms with Crippen LogP contribution in [0.2, 0.25) is 0 Å². The molecule has 18 heavy (non-hydrogen) atoms. The molecular formula is C16H24BrN. The van der Waals surface area contributed by atoms with Gasteiger partial charge in [-0.15, -0.1) is 0 Å². The van der Waals surface area contributed by atoms with E-state index in [1.165, 1.54) is 29.3 Å². The van der Waals surface area contributed by atoms with Crippen molar-refractivity contribution in [2.75, 3.05) is 13.1 Å². The molecule has 1 aliphatic carbocycles. The van der Waals surface area contributed by atoms with E-state index in [2.05, 4.69) is 66.3 Å². The van der Waals surface area contributed by atoms with Crippen LogP contribution in [0.4, 0.5) is 0 Å². The third-order valence-electron chi connectivity index (χ3n) is 3.98. The molecule has 0 radical (unpaired) electrons. The number of nitrogens with one attached hydrogen (secondary N) is 1. The van der Waals surface area contributed by atoms with E-state index in [9.17, 15) is 0 Å². The lowest BCUT2D eigenvalue weighted by Gasteiger charge is -2.54. The molecule has 0 unspecified atom stereocenters. The van der Waals surface area contributed by atoms with Crippen LogP contribution in [-0.2, 0) is 5.41 Å². The fourth-order valence-electron chi connectivity index (χ4n) is 3.52. The Bertz CT molecular complexity index is 386. The second kappa shape index (κ2) is 5.34. The normalized spacial score (nSPS) is 20.4. The van der Waals surface area contributed by atoms with Crippen molar-refractivity contribution < 1.29 is 0 Å². The first-order valence-electron chi connectivity index (χ1n) is 6.94. The minimum absolute atomic E-state index is 0.360. The van der Waals surface area contributed by atoms with Crippen LogP contribution in [0.5, 0.6) is 0 Å². The molecule has 2 rings (SSSR count). The molecule has 0 saturated heterocycles. The Balaban J connectivity index is 2.13. The Labute approximate surface area is 119 Å². The second-order valence-electron chi connectivity index (χ2n) is 6.48. The summed E-state index contributed by atoms with van der Waals surface area (Å²) >= 11 is 3.52. The first kappa shape index (κ1) is 14.1. The summed E-state index contributed by atoms with van der Waals surface area (Å²) in [5.74, 6) is 0. The molecule has 0 atom stereocenters. The van der Waals surface area contributed by atoms with Crippen LogP contribution < -0.4 is 5.32 Å². The largest absolute Gasteiger partial charge is 0.316 e. The predicted octanol–water partition coefficient (Wildman–Crippen LogP) is 4.51. The SMILES string of the molecule is CCCNCC1(c2ccc(Br)cc2)CC(C)(C)C1. The van der Waals surface area contributed by atoms with E-state index in [0.29, 0.717) is 10.8 Å². The van der Waals surface area contributed by atoms with Crippen LogP contribution >= 0.6 is 15.9 Å². The van der Waals surface area contributed by atoms with Crippen molar-refractivity contribution in [1.29, 1.82) is 0 Å². The molecule has 0 heterocycles. The first-order valence-corrected chi connectivity index (χ1v) is 7.74. The molecule has 1 fully saturated rings. The zero-order chi connectivity index (χ0) is 13.2. The van der Waals surface area contributed by atoms with Crippen molar-refractivity contribution in [2.24, 2.45) is 5.41 Å². The minimum atomic E-state index is 0.360. The number of hydrogen-bond donors (Lipinski definition) is 1. The van der Waals surface area contributed by atoms with Crippen molar-refractivity contribution in [1.82, 2.24) is 5.32 Å². The summed E-state index contributed by atoms with van der Waals surface area (Å²) < 4.78 is 1.17. The van der Waals surface area contributed by atoms with E-state index in [4.69, 9.17) is 0 Å². The van der Waals surface area contributed by atoms with Crippen molar-refractivity contribution in [3.05, 3.63) is 34.3 Å². The molecular weight excluding hydrogens is 286 g/mol. The maximum Gasteiger partial charge on any atom is 0.0175 e. The molecule has 0 spiro atoms. The van der Waals surface area contributed by atoms with Crippen LogP contribution in [0.3, 0.4) is 0 Å². The average molecular weight is 310 g/mol. The monoisotopic (exact) mass is 309 g/mol. The Hall–Kier alpha value is -0.340. The van der Waals surface area contributed by atoms with Gasteiger partial charge in [-0.2, -0.15) is 0 Å². The van der Waals surface area contributed by atoms with Crippen LogP contribution in [0.1, 0.15) is 45.6 Å². The van der Waals surface area contributed by atoms with E-state index >= 15 is 0 Å². The lowest BCUT2D eigenvalue weighted by molar-refractivity contribution is 0.0564. The average Bonchev–Trinajstić information content (AvgIpc) is 2.27. The summed E-state index contributed by atoms with van der Waals surface area (Å²) in [6.45, 7) is 9.22. The van der Waals surface area contributed by atoms with Crippen LogP contribution in [0.25, 0.3) is 0 Å². The third kappa shape index (κ3) is 2.97. The molecule has 0 aromatic heterocycles. The van der Waals surface area contributed by atoms with Gasteiger partial charge in [0.2, 0.25) is 0 Å². The summed E-state index contributed by atoms with van der Waals surface area (Å²) in [6, 6.07) is 8.91. The van der Waals surface area contributed by atoms with Gasteiger partial charge in [-0.05, 0) is 48.9 Å². The van der Waals surface area contributed by atoms with Gasteiger partial charge in [0.05, 0.1) is 0 Å². The molecule has 1 N–H and O–H groups in total. The lowest BCUT2D eigenvalue weighted by atomic mass is 9.52. The van der Waals surface area contributed by atoms with E-state index in [-0.39, 0.29) is 0 Å². The Morgan fingerprint density at radius 2 is 1.78 bits per heavy atom. The van der Waals surface area contributed by atoms with E-state index < -0.39 is 0 Å². The molecule has 0 aliphatic heterocycles. The summed E-state index contributed by atoms with van der Waals surface area (Å²) in [6.07, 6.45) is 3.79. The Kier molecular flexibility index (Phi) is 4.18. The maximum atomic E-state index is 3.62. The van der Waals surface area contributed by atoms with Gasteiger partial charge in [-0.1, -0.05) is 48.8 Å². The van der Waals surface area contributed by atoms with Gasteiger partial charge in [-0.3, -0.25) is 0 Å². The summed E-state index contributed by atoms with van der Waals surface area (Å²) in [7, 11) is 0. The van der Waals surface area contributed by atoms with E-state index in [1.807, 2.05) is 0 Å². The molecule has 2 heteroatoms. The smallest absolute Gasteiger partial charge is 0.0175 e. The highest BCUT2D eigenvalue weighted by Crippen LogP contribution is 2.55. The molecule has 1 aromatic carbocycles. The summed E-state index contributed by atoms with van der Waals surface area (Å²) in [4.78, 5) is 0. The van der Waals surface area contributed by atoms with Crippen LogP contribution in [0.15, 0.2) is 28.7 Å². The molecule has 1 saturated carbocycles. The first-order chi connectivity index (χ1) is 8.47. The second-order valence-corrected chi connectivity index (χ2v) is 7.40. The van der Waals surface area contributed by atoms with Crippen molar-refractivity contribution in [3.8, 4) is 0 Å². The van der Waals surface area contributed by atoms with Gasteiger partial charge in [0.25, 0.3) is 0 Å². The highest BCUT2D eigenvalue weighted by molar-refractivity contribution is 9.10. The fraction of sp³-hybridized carbons (Fsp3) is 0.625. The number of rotatable bonds is 5. The molecule has 1 aliphatic rings. The van der Waals surface area contributed by atoms with Crippen LogP contribution in [0, 0.1) is 5.41 Å². The summed E-state index contributed by atoms with van der Waals surface area (Å²) in [5, 5.41) is 3.62. The molecule has 100 valence electrons. The van der Waals surface area contributed by atoms with Crippen LogP contribution in [-0.4, -0.2) is 13.1 Å².